The maximum atomic E-state index is 11.9. The van der Waals surface area contributed by atoms with Crippen molar-refractivity contribution in [1.82, 2.24) is 5.32 Å². The third kappa shape index (κ3) is 4.10. The van der Waals surface area contributed by atoms with Crippen LogP contribution in [-0.4, -0.2) is 17.0 Å². The summed E-state index contributed by atoms with van der Waals surface area (Å²) in [5.41, 5.74) is 1.15. The third-order valence-corrected chi connectivity index (χ3v) is 3.19. The van der Waals surface area contributed by atoms with Crippen LogP contribution < -0.4 is 5.32 Å². The van der Waals surface area contributed by atoms with Gasteiger partial charge in [0.1, 0.15) is 0 Å². The number of hydrogen-bond acceptors (Lipinski definition) is 2. The molecule has 0 fully saturated rings. The first-order valence-electron chi connectivity index (χ1n) is 5.80. The number of carbonyl (C=O) groups is 2. The Bertz CT molecular complexity index is 520. The quantitative estimate of drug-likeness (QED) is 0.834. The van der Waals surface area contributed by atoms with Gasteiger partial charge in [0.15, 0.2) is 0 Å². The molecule has 0 saturated carbocycles. The van der Waals surface area contributed by atoms with Crippen molar-refractivity contribution in [1.29, 1.82) is 0 Å². The molecule has 0 radical (unpaired) electrons. The van der Waals surface area contributed by atoms with E-state index in [1.807, 2.05) is 19.1 Å². The molecule has 1 unspecified atom stereocenters. The zero-order valence-electron chi connectivity index (χ0n) is 11.0. The van der Waals surface area contributed by atoms with Crippen molar-refractivity contribution >= 4 is 23.5 Å². The van der Waals surface area contributed by atoms with Crippen molar-refractivity contribution in [3.63, 3.8) is 0 Å². The summed E-state index contributed by atoms with van der Waals surface area (Å²) in [6, 6.07) is 6.89. The number of carboxylic acid groups (broad SMARTS) is 1. The van der Waals surface area contributed by atoms with E-state index >= 15 is 0 Å². The number of benzene rings is 1. The molecule has 0 aliphatic rings. The van der Waals surface area contributed by atoms with Crippen molar-refractivity contribution in [3.05, 3.63) is 46.0 Å². The molecule has 2 N–H and O–H groups in total. The van der Waals surface area contributed by atoms with E-state index in [2.05, 4.69) is 5.32 Å². The minimum Gasteiger partial charge on any atom is -0.478 e. The molecule has 4 nitrogen and oxygen atoms in total. The third-order valence-electron chi connectivity index (χ3n) is 2.94. The largest absolute Gasteiger partial charge is 0.478 e. The van der Waals surface area contributed by atoms with Gasteiger partial charge in [-0.15, -0.1) is 0 Å². The molecule has 1 aromatic rings. The fourth-order valence-corrected chi connectivity index (χ4v) is 1.60. The summed E-state index contributed by atoms with van der Waals surface area (Å²) in [7, 11) is 0. The van der Waals surface area contributed by atoms with E-state index in [9.17, 15) is 9.59 Å². The Hall–Kier alpha value is -1.81. The van der Waals surface area contributed by atoms with E-state index < -0.39 is 5.97 Å². The van der Waals surface area contributed by atoms with Crippen molar-refractivity contribution in [3.8, 4) is 0 Å². The van der Waals surface area contributed by atoms with Gasteiger partial charge in [-0.3, -0.25) is 4.79 Å². The second-order valence-electron chi connectivity index (χ2n) is 4.30. The average molecular weight is 282 g/mol. The lowest BCUT2D eigenvalue weighted by Gasteiger charge is -2.15. The monoisotopic (exact) mass is 281 g/mol. The predicted octanol–water partition coefficient (Wildman–Crippen LogP) is 2.94. The van der Waals surface area contributed by atoms with Crippen LogP contribution in [-0.2, 0) is 9.59 Å². The molecule has 0 heterocycles. The average Bonchev–Trinajstić information content (AvgIpc) is 2.37. The Morgan fingerprint density at radius 2 is 1.68 bits per heavy atom. The van der Waals surface area contributed by atoms with Gasteiger partial charge in [0.05, 0.1) is 6.04 Å². The first kappa shape index (κ1) is 15.2. The molecule has 1 aromatic carbocycles. The van der Waals surface area contributed by atoms with Crippen molar-refractivity contribution in [2.75, 3.05) is 0 Å². The zero-order chi connectivity index (χ0) is 14.6. The number of hydrogen-bond donors (Lipinski definition) is 2. The molecular weight excluding hydrogens is 266 g/mol. The molecule has 0 bridgehead atoms. The smallest absolute Gasteiger partial charge is 0.331 e. The lowest BCUT2D eigenvalue weighted by Crippen LogP contribution is -2.28. The molecular formula is C14H16ClNO3. The maximum Gasteiger partial charge on any atom is 0.331 e. The van der Waals surface area contributed by atoms with Gasteiger partial charge in [-0.25, -0.2) is 4.79 Å². The minimum absolute atomic E-state index is 0.0424. The topological polar surface area (TPSA) is 66.4 Å². The van der Waals surface area contributed by atoms with E-state index in [1.165, 1.54) is 13.8 Å². The Labute approximate surface area is 117 Å². The van der Waals surface area contributed by atoms with Crippen LogP contribution in [0.3, 0.4) is 0 Å². The number of nitrogens with one attached hydrogen (secondary N) is 1. The summed E-state index contributed by atoms with van der Waals surface area (Å²) in [5, 5.41) is 12.2. The van der Waals surface area contributed by atoms with Crippen LogP contribution in [0.2, 0.25) is 5.02 Å². The molecule has 1 atom stereocenters. The van der Waals surface area contributed by atoms with Crippen LogP contribution >= 0.6 is 11.6 Å². The predicted molar refractivity (Wildman–Crippen MR) is 74.0 cm³/mol. The summed E-state index contributed by atoms with van der Waals surface area (Å²) in [6.45, 7) is 4.72. The second kappa shape index (κ2) is 6.38. The fraction of sp³-hybridized carbons (Fsp3) is 0.286. The Balaban J connectivity index is 2.80. The number of carboxylic acids is 1. The molecule has 0 aliphatic carbocycles. The first-order chi connectivity index (χ1) is 8.82. The Morgan fingerprint density at radius 3 is 2.16 bits per heavy atom. The van der Waals surface area contributed by atoms with Crippen LogP contribution in [0.15, 0.2) is 35.4 Å². The highest BCUT2D eigenvalue weighted by molar-refractivity contribution is 6.30. The first-order valence-corrected chi connectivity index (χ1v) is 6.17. The lowest BCUT2D eigenvalue weighted by atomic mass is 10.1. The molecule has 0 saturated heterocycles. The minimum atomic E-state index is -1.09. The molecule has 0 aromatic heterocycles. The van der Waals surface area contributed by atoms with E-state index in [4.69, 9.17) is 16.7 Å². The number of rotatable bonds is 4. The van der Waals surface area contributed by atoms with Crippen molar-refractivity contribution in [2.24, 2.45) is 0 Å². The lowest BCUT2D eigenvalue weighted by molar-refractivity contribution is -0.133. The Kier molecular flexibility index (Phi) is 5.12. The normalized spacial score (nSPS) is 13.5. The van der Waals surface area contributed by atoms with E-state index in [1.54, 1.807) is 12.1 Å². The number of carbonyl (C=O) groups excluding carboxylic acids is 1. The van der Waals surface area contributed by atoms with Crippen LogP contribution in [0, 0.1) is 0 Å². The van der Waals surface area contributed by atoms with E-state index in [0.29, 0.717) is 5.02 Å². The maximum absolute atomic E-state index is 11.9. The van der Waals surface area contributed by atoms with Gasteiger partial charge < -0.3 is 10.4 Å². The summed E-state index contributed by atoms with van der Waals surface area (Å²) in [5.74, 6) is -1.48. The summed E-state index contributed by atoms with van der Waals surface area (Å²) in [6.07, 6.45) is 0. The summed E-state index contributed by atoms with van der Waals surface area (Å²) >= 11 is 5.79. The van der Waals surface area contributed by atoms with Gasteiger partial charge in [0.2, 0.25) is 5.91 Å². The van der Waals surface area contributed by atoms with E-state index in [0.717, 1.165) is 5.56 Å². The van der Waals surface area contributed by atoms with Crippen LogP contribution in [0.5, 0.6) is 0 Å². The van der Waals surface area contributed by atoms with Gasteiger partial charge >= 0.3 is 5.97 Å². The molecule has 102 valence electrons. The number of halogens is 1. The highest BCUT2D eigenvalue weighted by Gasteiger charge is 2.15. The SMILES string of the molecule is CC(C(=O)O)=C(C)C(=O)NC(C)c1ccc(Cl)cc1. The molecule has 5 heteroatoms. The van der Waals surface area contributed by atoms with Gasteiger partial charge in [-0.05, 0) is 38.5 Å². The van der Waals surface area contributed by atoms with Crippen LogP contribution in [0.1, 0.15) is 32.4 Å². The summed E-state index contributed by atoms with van der Waals surface area (Å²) in [4.78, 5) is 22.7. The van der Waals surface area contributed by atoms with Gasteiger partial charge in [0, 0.05) is 16.2 Å². The molecule has 1 rings (SSSR count). The van der Waals surface area contributed by atoms with Crippen LogP contribution in [0.25, 0.3) is 0 Å². The van der Waals surface area contributed by atoms with Gasteiger partial charge in [-0.2, -0.15) is 0 Å². The Morgan fingerprint density at radius 1 is 1.16 bits per heavy atom. The molecule has 1 amide bonds. The van der Waals surface area contributed by atoms with Crippen molar-refractivity contribution < 1.29 is 14.7 Å². The summed E-state index contributed by atoms with van der Waals surface area (Å²) < 4.78 is 0. The van der Waals surface area contributed by atoms with Crippen molar-refractivity contribution in [2.45, 2.75) is 26.8 Å². The molecule has 0 aliphatic heterocycles. The van der Waals surface area contributed by atoms with Gasteiger partial charge in [-0.1, -0.05) is 23.7 Å². The molecule has 19 heavy (non-hydrogen) atoms. The fourth-order valence-electron chi connectivity index (χ4n) is 1.47. The number of aliphatic carboxylic acids is 1. The van der Waals surface area contributed by atoms with E-state index in [-0.39, 0.29) is 23.1 Å². The molecule has 0 spiro atoms. The second-order valence-corrected chi connectivity index (χ2v) is 4.74. The number of amides is 1. The van der Waals surface area contributed by atoms with Crippen LogP contribution in [0.4, 0.5) is 0 Å². The highest BCUT2D eigenvalue weighted by Crippen LogP contribution is 2.16. The zero-order valence-corrected chi connectivity index (χ0v) is 11.8. The van der Waals surface area contributed by atoms with Gasteiger partial charge in [0.25, 0.3) is 0 Å². The highest BCUT2D eigenvalue weighted by atomic mass is 35.5. The standard InChI is InChI=1S/C14H16ClNO3/c1-8(9(2)14(18)19)13(17)16-10(3)11-4-6-12(15)7-5-11/h4-7,10H,1-3H3,(H,16,17)(H,18,19).